The molecule has 0 saturated heterocycles. The fraction of sp³-hybridized carbons (Fsp3) is 0.0476. The topological polar surface area (TPSA) is 72.7 Å². The van der Waals surface area contributed by atoms with E-state index in [9.17, 15) is 13.6 Å². The Bertz CT molecular complexity index is 1290. The average molecular weight is 492 g/mol. The van der Waals surface area contributed by atoms with Crippen LogP contribution >= 0.6 is 35.0 Å². The van der Waals surface area contributed by atoms with Gasteiger partial charge in [0.2, 0.25) is 5.91 Å². The van der Waals surface area contributed by atoms with E-state index in [4.69, 9.17) is 23.2 Å². The Hall–Kier alpha value is -3.01. The summed E-state index contributed by atoms with van der Waals surface area (Å²) >= 11 is 13.3. The first kappa shape index (κ1) is 22.2. The lowest BCUT2D eigenvalue weighted by Gasteiger charge is -2.11. The van der Waals surface area contributed by atoms with Gasteiger partial charge >= 0.3 is 0 Å². The maximum absolute atomic E-state index is 13.8. The lowest BCUT2D eigenvalue weighted by atomic mass is 10.2. The Labute approximate surface area is 195 Å². The molecule has 0 radical (unpaired) electrons. The van der Waals surface area contributed by atoms with Crippen molar-refractivity contribution in [2.75, 3.05) is 11.1 Å². The highest BCUT2D eigenvalue weighted by atomic mass is 35.5. The molecular weight excluding hydrogens is 479 g/mol. The Morgan fingerprint density at radius 2 is 1.91 bits per heavy atom. The molecule has 11 heteroatoms. The van der Waals surface area contributed by atoms with Crippen LogP contribution in [0.25, 0.3) is 17.1 Å². The molecule has 0 atom stereocenters. The largest absolute Gasteiger partial charge is 0.323 e. The van der Waals surface area contributed by atoms with Gasteiger partial charge in [-0.05, 0) is 42.5 Å². The van der Waals surface area contributed by atoms with Gasteiger partial charge in [0.05, 0.1) is 27.2 Å². The highest BCUT2D eigenvalue weighted by Crippen LogP contribution is 2.31. The first-order valence-electron chi connectivity index (χ1n) is 9.11. The molecule has 6 nitrogen and oxygen atoms in total. The molecule has 4 aromatic rings. The maximum atomic E-state index is 13.8. The zero-order valence-electron chi connectivity index (χ0n) is 16.1. The van der Waals surface area contributed by atoms with Crippen LogP contribution in [0.15, 0.2) is 66.1 Å². The summed E-state index contributed by atoms with van der Waals surface area (Å²) in [4.78, 5) is 16.5. The molecule has 0 aliphatic carbocycles. The van der Waals surface area contributed by atoms with Crippen LogP contribution in [0, 0.1) is 11.6 Å². The second-order valence-corrected chi connectivity index (χ2v) is 8.20. The van der Waals surface area contributed by atoms with E-state index in [-0.39, 0.29) is 11.4 Å². The van der Waals surface area contributed by atoms with Crippen LogP contribution in [-0.2, 0) is 4.79 Å². The van der Waals surface area contributed by atoms with Gasteiger partial charge in [-0.2, -0.15) is 0 Å². The second kappa shape index (κ2) is 9.64. The summed E-state index contributed by atoms with van der Waals surface area (Å²) in [7, 11) is 0. The van der Waals surface area contributed by atoms with E-state index in [0.717, 1.165) is 23.9 Å². The summed E-state index contributed by atoms with van der Waals surface area (Å²) in [6, 6.07) is 11.6. The van der Waals surface area contributed by atoms with Gasteiger partial charge in [0.15, 0.2) is 11.0 Å². The third-order valence-corrected chi connectivity index (χ3v) is 5.92. The molecule has 0 aliphatic heterocycles. The lowest BCUT2D eigenvalue weighted by molar-refractivity contribution is -0.113. The van der Waals surface area contributed by atoms with Gasteiger partial charge in [-0.1, -0.05) is 35.0 Å². The maximum Gasteiger partial charge on any atom is 0.234 e. The Kier molecular flexibility index (Phi) is 6.69. The van der Waals surface area contributed by atoms with E-state index in [2.05, 4.69) is 20.5 Å². The van der Waals surface area contributed by atoms with Gasteiger partial charge in [0.25, 0.3) is 0 Å². The minimum Gasteiger partial charge on any atom is -0.323 e. The fourth-order valence-electron chi connectivity index (χ4n) is 2.81. The molecule has 32 heavy (non-hydrogen) atoms. The number of rotatable bonds is 6. The van der Waals surface area contributed by atoms with Gasteiger partial charge in [0, 0.05) is 24.0 Å². The number of halogens is 4. The minimum atomic E-state index is -0.860. The number of nitrogens with one attached hydrogen (secondary N) is 1. The predicted molar refractivity (Wildman–Crippen MR) is 120 cm³/mol. The molecule has 162 valence electrons. The smallest absolute Gasteiger partial charge is 0.234 e. The molecular formula is C21H13Cl2F2N5OS. The number of amides is 1. The normalized spacial score (nSPS) is 10.9. The lowest BCUT2D eigenvalue weighted by Crippen LogP contribution is -2.15. The fourth-order valence-corrected chi connectivity index (χ4v) is 3.85. The summed E-state index contributed by atoms with van der Waals surface area (Å²) in [5, 5.41) is 12.0. The van der Waals surface area contributed by atoms with Crippen molar-refractivity contribution in [3.63, 3.8) is 0 Å². The number of hydrogen-bond acceptors (Lipinski definition) is 5. The number of benzene rings is 2. The molecule has 0 aliphatic rings. The van der Waals surface area contributed by atoms with E-state index in [1.165, 1.54) is 0 Å². The van der Waals surface area contributed by atoms with Crippen molar-refractivity contribution in [1.82, 2.24) is 19.7 Å². The third kappa shape index (κ3) is 4.90. The summed E-state index contributed by atoms with van der Waals surface area (Å²) in [5.41, 5.74) is 1.23. The number of hydrogen-bond donors (Lipinski definition) is 1. The van der Waals surface area contributed by atoms with E-state index < -0.39 is 17.5 Å². The number of anilines is 1. The molecule has 1 N–H and O–H groups in total. The molecule has 0 spiro atoms. The van der Waals surface area contributed by atoms with E-state index in [1.54, 1.807) is 41.2 Å². The van der Waals surface area contributed by atoms with Crippen LogP contribution < -0.4 is 5.32 Å². The summed E-state index contributed by atoms with van der Waals surface area (Å²) < 4.78 is 28.6. The van der Waals surface area contributed by atoms with Gasteiger partial charge in [-0.25, -0.2) is 8.78 Å². The monoisotopic (exact) mass is 491 g/mol. The molecule has 0 unspecified atom stereocenters. The van der Waals surface area contributed by atoms with Crippen molar-refractivity contribution in [1.29, 1.82) is 0 Å². The Morgan fingerprint density at radius 1 is 1.06 bits per heavy atom. The summed E-state index contributed by atoms with van der Waals surface area (Å²) in [6.45, 7) is 0. The zero-order chi connectivity index (χ0) is 22.7. The van der Waals surface area contributed by atoms with Crippen molar-refractivity contribution < 1.29 is 13.6 Å². The molecule has 0 bridgehead atoms. The molecule has 2 heterocycles. The molecule has 0 fully saturated rings. The molecule has 0 saturated carbocycles. The standard InChI is InChI=1S/C21H13Cl2F2N5OS/c22-15-5-4-14(9-16(15)23)30-20(12-2-1-7-26-10-12)28-29-21(30)32-11-19(31)27-18-6-3-13(24)8-17(18)25/h1-10H,11H2,(H,27,31). The number of nitrogens with zero attached hydrogens (tertiary/aromatic N) is 4. The molecule has 1 amide bonds. The van der Waals surface area contributed by atoms with Gasteiger partial charge in [-0.3, -0.25) is 14.3 Å². The van der Waals surface area contributed by atoms with Gasteiger partial charge in [0.1, 0.15) is 11.6 Å². The van der Waals surface area contributed by atoms with Crippen LogP contribution in [0.3, 0.4) is 0 Å². The van der Waals surface area contributed by atoms with Crippen molar-refractivity contribution >= 4 is 46.6 Å². The second-order valence-electron chi connectivity index (χ2n) is 6.44. The predicted octanol–water partition coefficient (Wildman–Crippen LogP) is 5.65. The van der Waals surface area contributed by atoms with E-state index >= 15 is 0 Å². The zero-order valence-corrected chi connectivity index (χ0v) is 18.4. The SMILES string of the molecule is O=C(CSc1nnc(-c2cccnc2)n1-c1ccc(Cl)c(Cl)c1)Nc1ccc(F)cc1F. The average Bonchev–Trinajstić information content (AvgIpc) is 3.21. The van der Waals surface area contributed by atoms with Gasteiger partial charge < -0.3 is 5.32 Å². The number of carbonyl (C=O) groups excluding carboxylic acids is 1. The molecule has 4 rings (SSSR count). The van der Waals surface area contributed by atoms with Crippen LogP contribution in [0.4, 0.5) is 14.5 Å². The van der Waals surface area contributed by atoms with Crippen LogP contribution in [0.2, 0.25) is 10.0 Å². The highest BCUT2D eigenvalue weighted by molar-refractivity contribution is 7.99. The minimum absolute atomic E-state index is 0.0939. The van der Waals surface area contributed by atoms with Crippen LogP contribution in [-0.4, -0.2) is 31.4 Å². The highest BCUT2D eigenvalue weighted by Gasteiger charge is 2.18. The molecule has 2 aromatic carbocycles. The number of carbonyl (C=O) groups is 1. The third-order valence-electron chi connectivity index (χ3n) is 4.25. The number of thioether (sulfide) groups is 1. The quantitative estimate of drug-likeness (QED) is 0.353. The van der Waals surface area contributed by atoms with Crippen molar-refractivity contribution in [3.8, 4) is 17.1 Å². The first-order valence-corrected chi connectivity index (χ1v) is 10.9. The van der Waals surface area contributed by atoms with Crippen molar-refractivity contribution in [3.05, 3.63) is 82.6 Å². The van der Waals surface area contributed by atoms with E-state index in [0.29, 0.717) is 38.3 Å². The van der Waals surface area contributed by atoms with Crippen molar-refractivity contribution in [2.24, 2.45) is 0 Å². The first-order chi connectivity index (χ1) is 15.4. The summed E-state index contributed by atoms with van der Waals surface area (Å²) in [6.07, 6.45) is 3.27. The van der Waals surface area contributed by atoms with Crippen LogP contribution in [0.1, 0.15) is 0 Å². The molecule has 2 aromatic heterocycles. The van der Waals surface area contributed by atoms with Crippen LogP contribution in [0.5, 0.6) is 0 Å². The Balaban J connectivity index is 1.61. The van der Waals surface area contributed by atoms with Crippen molar-refractivity contribution in [2.45, 2.75) is 5.16 Å². The number of aromatic nitrogens is 4. The Morgan fingerprint density at radius 3 is 2.62 bits per heavy atom. The number of pyridine rings is 1. The summed E-state index contributed by atoms with van der Waals surface area (Å²) in [5.74, 6) is -1.69. The van der Waals surface area contributed by atoms with E-state index in [1.807, 2.05) is 6.07 Å². The van der Waals surface area contributed by atoms with Gasteiger partial charge in [-0.15, -0.1) is 10.2 Å².